The van der Waals surface area contributed by atoms with Crippen LogP contribution >= 0.6 is 0 Å². The highest BCUT2D eigenvalue weighted by Crippen LogP contribution is 1.93. The van der Waals surface area contributed by atoms with Crippen LogP contribution in [-0.2, 0) is 6.54 Å². The van der Waals surface area contributed by atoms with Crippen LogP contribution in [0.1, 0.15) is 5.56 Å². The summed E-state index contributed by atoms with van der Waals surface area (Å²) in [5.74, 6) is 0. The zero-order valence-electron chi connectivity index (χ0n) is 9.20. The van der Waals surface area contributed by atoms with Gasteiger partial charge in [-0.15, -0.1) is 0 Å². The van der Waals surface area contributed by atoms with E-state index in [1.807, 2.05) is 18.2 Å². The molecule has 0 spiro atoms. The normalized spacial score (nSPS) is 7.79. The average molecular weight is 202 g/mol. The van der Waals surface area contributed by atoms with Crippen molar-refractivity contribution in [3.63, 3.8) is 0 Å². The SMILES string of the molecule is C[NH+](C)C.[NH3+]Cc1ccccc1.[OH-].[OH-]. The average Bonchev–Trinajstić information content (AvgIpc) is 2.05. The summed E-state index contributed by atoms with van der Waals surface area (Å²) in [7, 11) is 6.25. The fraction of sp³-hybridized carbons (Fsp3) is 0.400. The van der Waals surface area contributed by atoms with E-state index < -0.39 is 0 Å². The summed E-state index contributed by atoms with van der Waals surface area (Å²) in [5.41, 5.74) is 5.05. The molecule has 0 bridgehead atoms. The van der Waals surface area contributed by atoms with Gasteiger partial charge in [0, 0.05) is 5.56 Å². The molecule has 0 atom stereocenters. The van der Waals surface area contributed by atoms with Gasteiger partial charge in [-0.25, -0.2) is 0 Å². The third-order valence-corrected chi connectivity index (χ3v) is 1.13. The second kappa shape index (κ2) is 12.1. The molecule has 4 nitrogen and oxygen atoms in total. The van der Waals surface area contributed by atoms with Crippen LogP contribution < -0.4 is 10.6 Å². The van der Waals surface area contributed by atoms with E-state index in [0.717, 1.165) is 6.54 Å². The lowest BCUT2D eigenvalue weighted by atomic mass is 10.2. The predicted molar refractivity (Wildman–Crippen MR) is 55.6 cm³/mol. The Hall–Kier alpha value is -0.940. The first-order valence-corrected chi connectivity index (χ1v) is 4.26. The van der Waals surface area contributed by atoms with E-state index in [4.69, 9.17) is 0 Å². The molecule has 84 valence electrons. The largest absolute Gasteiger partial charge is 0.870 e. The van der Waals surface area contributed by atoms with E-state index in [1.54, 1.807) is 0 Å². The van der Waals surface area contributed by atoms with E-state index in [1.165, 1.54) is 10.5 Å². The molecule has 0 saturated carbocycles. The molecule has 0 amide bonds. The first-order valence-electron chi connectivity index (χ1n) is 4.26. The summed E-state index contributed by atoms with van der Waals surface area (Å²) in [5, 5.41) is 0. The quantitative estimate of drug-likeness (QED) is 0.601. The highest BCUT2D eigenvalue weighted by atomic mass is 16.0. The second-order valence-electron chi connectivity index (χ2n) is 3.24. The van der Waals surface area contributed by atoms with Gasteiger partial charge in [-0.1, -0.05) is 30.3 Å². The van der Waals surface area contributed by atoms with Crippen molar-refractivity contribution >= 4 is 0 Å². The van der Waals surface area contributed by atoms with Crippen molar-refractivity contribution in [3.8, 4) is 0 Å². The molecule has 0 fully saturated rings. The Balaban J connectivity index is -0.000000180. The predicted octanol–water partition coefficient (Wildman–Crippen LogP) is -1.16. The van der Waals surface area contributed by atoms with E-state index in [9.17, 15) is 0 Å². The number of hydrogen-bond donors (Lipinski definition) is 2. The molecule has 1 aromatic carbocycles. The number of nitrogens with one attached hydrogen (secondary N) is 1. The summed E-state index contributed by atoms with van der Waals surface area (Å²) < 4.78 is 0. The summed E-state index contributed by atoms with van der Waals surface area (Å²) in [4.78, 5) is 1.42. The van der Waals surface area contributed by atoms with Gasteiger partial charge in [0.25, 0.3) is 0 Å². The van der Waals surface area contributed by atoms with Crippen molar-refractivity contribution in [2.45, 2.75) is 6.54 Å². The lowest BCUT2D eigenvalue weighted by Gasteiger charge is -1.88. The van der Waals surface area contributed by atoms with Crippen LogP contribution in [0.5, 0.6) is 0 Å². The van der Waals surface area contributed by atoms with Gasteiger partial charge in [0.15, 0.2) is 0 Å². The first-order chi connectivity index (χ1) is 5.66. The third kappa shape index (κ3) is 13.6. The second-order valence-corrected chi connectivity index (χ2v) is 3.24. The minimum absolute atomic E-state index is 0. The van der Waals surface area contributed by atoms with E-state index in [2.05, 4.69) is 39.0 Å². The fourth-order valence-corrected chi connectivity index (χ4v) is 0.645. The van der Waals surface area contributed by atoms with Gasteiger partial charge >= 0.3 is 0 Å². The molecular weight excluding hydrogens is 180 g/mol. The van der Waals surface area contributed by atoms with Gasteiger partial charge in [0.1, 0.15) is 0 Å². The van der Waals surface area contributed by atoms with Crippen molar-refractivity contribution in [2.75, 3.05) is 21.1 Å². The molecule has 6 N–H and O–H groups in total. The van der Waals surface area contributed by atoms with Crippen LogP contribution in [0.25, 0.3) is 0 Å². The van der Waals surface area contributed by atoms with Crippen LogP contribution in [0, 0.1) is 0 Å². The highest BCUT2D eigenvalue weighted by molar-refractivity contribution is 5.12. The number of benzene rings is 1. The molecule has 0 saturated heterocycles. The smallest absolute Gasteiger partial charge is 0.0997 e. The maximum absolute atomic E-state index is 3.76. The number of quaternary nitrogens is 2. The van der Waals surface area contributed by atoms with Crippen LogP contribution in [0.3, 0.4) is 0 Å². The van der Waals surface area contributed by atoms with Crippen molar-refractivity contribution in [3.05, 3.63) is 35.9 Å². The molecule has 0 radical (unpaired) electrons. The van der Waals surface area contributed by atoms with Gasteiger partial charge < -0.3 is 21.6 Å². The lowest BCUT2D eigenvalue weighted by Crippen LogP contribution is -3.02. The summed E-state index contributed by atoms with van der Waals surface area (Å²) in [6.45, 7) is 0.890. The minimum atomic E-state index is 0. The number of rotatable bonds is 1. The lowest BCUT2D eigenvalue weighted by molar-refractivity contribution is -0.836. The van der Waals surface area contributed by atoms with Gasteiger partial charge in [-0.2, -0.15) is 0 Å². The first kappa shape index (κ1) is 18.8. The Morgan fingerprint density at radius 1 is 1.00 bits per heavy atom. The maximum Gasteiger partial charge on any atom is 0.0997 e. The molecular formula is C10H22N2O2. The Bertz CT molecular complexity index is 188. The maximum atomic E-state index is 3.76. The molecule has 0 aliphatic carbocycles. The molecule has 0 aliphatic rings. The molecule has 0 aliphatic heterocycles. The highest BCUT2D eigenvalue weighted by Gasteiger charge is 1.82. The van der Waals surface area contributed by atoms with E-state index >= 15 is 0 Å². The van der Waals surface area contributed by atoms with Crippen LogP contribution in [0.2, 0.25) is 0 Å². The monoisotopic (exact) mass is 202 g/mol. The molecule has 1 rings (SSSR count). The van der Waals surface area contributed by atoms with E-state index in [0.29, 0.717) is 0 Å². The van der Waals surface area contributed by atoms with Crippen LogP contribution in [-0.4, -0.2) is 32.1 Å². The molecule has 0 aromatic heterocycles. The summed E-state index contributed by atoms with van der Waals surface area (Å²) in [6.07, 6.45) is 0. The van der Waals surface area contributed by atoms with Crippen LogP contribution in [0.15, 0.2) is 30.3 Å². The van der Waals surface area contributed by atoms with Gasteiger partial charge in [-0.05, 0) is 0 Å². The molecule has 0 heterocycles. The van der Waals surface area contributed by atoms with Crippen molar-refractivity contribution in [2.24, 2.45) is 0 Å². The topological polar surface area (TPSA) is 92.1 Å². The fourth-order valence-electron chi connectivity index (χ4n) is 0.645. The molecule has 0 unspecified atom stereocenters. The molecule has 14 heavy (non-hydrogen) atoms. The third-order valence-electron chi connectivity index (χ3n) is 1.13. The summed E-state index contributed by atoms with van der Waals surface area (Å²) in [6, 6.07) is 10.2. The molecule has 1 aromatic rings. The van der Waals surface area contributed by atoms with Gasteiger partial charge in [-0.3, -0.25) is 0 Å². The van der Waals surface area contributed by atoms with Gasteiger partial charge in [0.05, 0.1) is 27.7 Å². The Morgan fingerprint density at radius 2 is 1.36 bits per heavy atom. The Morgan fingerprint density at radius 3 is 1.57 bits per heavy atom. The van der Waals surface area contributed by atoms with Crippen molar-refractivity contribution < 1.29 is 21.6 Å². The zero-order valence-corrected chi connectivity index (χ0v) is 9.20. The van der Waals surface area contributed by atoms with Crippen molar-refractivity contribution in [1.82, 2.24) is 0 Å². The Labute approximate surface area is 86.0 Å². The van der Waals surface area contributed by atoms with Gasteiger partial charge in [0.2, 0.25) is 0 Å². The van der Waals surface area contributed by atoms with E-state index in [-0.39, 0.29) is 11.0 Å². The zero-order chi connectivity index (χ0) is 9.40. The minimum Gasteiger partial charge on any atom is -0.870 e. The Kier molecular flexibility index (Phi) is 16.2. The van der Waals surface area contributed by atoms with Crippen LogP contribution in [0.4, 0.5) is 0 Å². The summed E-state index contributed by atoms with van der Waals surface area (Å²) >= 11 is 0. The number of hydrogen-bond acceptors (Lipinski definition) is 2. The standard InChI is InChI=1S/C7H9N.C3H9N.2H2O/c8-6-7-4-2-1-3-5-7;1-4(2)3;;/h1-5H,6,8H2;1-3H3;2*1H2. The van der Waals surface area contributed by atoms with Crippen molar-refractivity contribution in [1.29, 1.82) is 0 Å². The molecule has 4 heteroatoms.